The largest absolute Gasteiger partial charge is 0.395 e. The van der Waals surface area contributed by atoms with Gasteiger partial charge in [-0.25, -0.2) is 9.50 Å². The number of benzene rings is 1. The van der Waals surface area contributed by atoms with Gasteiger partial charge in [0.25, 0.3) is 5.91 Å². The number of aromatic nitrogens is 4. The molecule has 146 valence electrons. The number of anilines is 2. The Morgan fingerprint density at radius 1 is 1.17 bits per heavy atom. The van der Waals surface area contributed by atoms with Crippen molar-refractivity contribution in [2.24, 2.45) is 0 Å². The second-order valence-corrected chi connectivity index (χ2v) is 6.62. The van der Waals surface area contributed by atoms with Gasteiger partial charge in [0.1, 0.15) is 5.82 Å². The molecule has 1 aromatic carbocycles. The van der Waals surface area contributed by atoms with Crippen LogP contribution in [0.1, 0.15) is 10.4 Å². The molecule has 9 heteroatoms. The third-order valence-corrected chi connectivity index (χ3v) is 4.38. The van der Waals surface area contributed by atoms with E-state index in [9.17, 15) is 4.79 Å². The summed E-state index contributed by atoms with van der Waals surface area (Å²) in [6.45, 7) is 0.246. The number of fused-ring (bicyclic) bond motifs is 1. The molecule has 3 N–H and O–H groups in total. The Labute approximate surface area is 171 Å². The van der Waals surface area contributed by atoms with Crippen molar-refractivity contribution >= 4 is 34.7 Å². The number of nitrogens with zero attached hydrogens (tertiary/aromatic N) is 4. The normalized spacial score (nSPS) is 10.8. The molecule has 0 unspecified atom stereocenters. The SMILES string of the molecule is O=C(Nc1ccncc1)c1cc(NCCO)nn2cc(-c3cccc(Cl)c3)nc12. The van der Waals surface area contributed by atoms with E-state index in [0.717, 1.165) is 5.56 Å². The molecule has 4 aromatic rings. The van der Waals surface area contributed by atoms with E-state index in [-0.39, 0.29) is 12.5 Å². The standard InChI is InChI=1S/C20H17ClN6O2/c21-14-3-1-2-13(10-14)17-12-27-19(25-17)16(11-18(26-27)23-8-9-28)20(29)24-15-4-6-22-7-5-15/h1-7,10-12,28H,8-9H2,(H,23,26)(H,22,24,29). The number of hydrogen-bond acceptors (Lipinski definition) is 6. The highest BCUT2D eigenvalue weighted by Gasteiger charge is 2.17. The van der Waals surface area contributed by atoms with Crippen LogP contribution in [0.15, 0.2) is 61.1 Å². The van der Waals surface area contributed by atoms with E-state index >= 15 is 0 Å². The zero-order chi connectivity index (χ0) is 20.2. The van der Waals surface area contributed by atoms with Crippen molar-refractivity contribution in [1.82, 2.24) is 19.6 Å². The molecule has 0 spiro atoms. The quantitative estimate of drug-likeness (QED) is 0.453. The van der Waals surface area contributed by atoms with Crippen molar-refractivity contribution in [2.45, 2.75) is 0 Å². The number of hydrogen-bond donors (Lipinski definition) is 3. The Morgan fingerprint density at radius 3 is 2.76 bits per heavy atom. The van der Waals surface area contributed by atoms with Crippen LogP contribution in [0, 0.1) is 0 Å². The molecule has 0 saturated carbocycles. The van der Waals surface area contributed by atoms with E-state index < -0.39 is 0 Å². The van der Waals surface area contributed by atoms with Gasteiger partial charge in [0.2, 0.25) is 0 Å². The van der Waals surface area contributed by atoms with Crippen LogP contribution >= 0.6 is 11.6 Å². The summed E-state index contributed by atoms with van der Waals surface area (Å²) in [7, 11) is 0. The maximum atomic E-state index is 12.9. The van der Waals surface area contributed by atoms with Crippen LogP contribution in [0.25, 0.3) is 16.9 Å². The van der Waals surface area contributed by atoms with Crippen LogP contribution < -0.4 is 10.6 Å². The highest BCUT2D eigenvalue weighted by molar-refractivity contribution is 6.30. The van der Waals surface area contributed by atoms with Crippen molar-refractivity contribution in [3.63, 3.8) is 0 Å². The fourth-order valence-corrected chi connectivity index (χ4v) is 3.03. The molecule has 1 amide bonds. The summed E-state index contributed by atoms with van der Waals surface area (Å²) >= 11 is 6.09. The minimum absolute atomic E-state index is 0.0596. The molecule has 3 heterocycles. The fraction of sp³-hybridized carbons (Fsp3) is 0.100. The van der Waals surface area contributed by atoms with Gasteiger partial charge >= 0.3 is 0 Å². The second kappa shape index (κ2) is 8.26. The molecule has 3 aromatic heterocycles. The molecule has 0 radical (unpaired) electrons. The molecule has 0 saturated heterocycles. The molecule has 8 nitrogen and oxygen atoms in total. The predicted molar refractivity (Wildman–Crippen MR) is 111 cm³/mol. The minimum atomic E-state index is -0.334. The lowest BCUT2D eigenvalue weighted by Gasteiger charge is -2.09. The summed E-state index contributed by atoms with van der Waals surface area (Å²) in [6, 6.07) is 12.3. The molecule has 4 rings (SSSR count). The monoisotopic (exact) mass is 408 g/mol. The minimum Gasteiger partial charge on any atom is -0.395 e. The van der Waals surface area contributed by atoms with Crippen molar-refractivity contribution in [1.29, 1.82) is 0 Å². The van der Waals surface area contributed by atoms with Crippen molar-refractivity contribution in [3.8, 4) is 11.3 Å². The van der Waals surface area contributed by atoms with E-state index in [1.54, 1.807) is 48.9 Å². The molecule has 0 aliphatic carbocycles. The van der Waals surface area contributed by atoms with Gasteiger partial charge < -0.3 is 15.7 Å². The van der Waals surface area contributed by atoms with E-state index in [1.807, 2.05) is 12.1 Å². The number of carbonyl (C=O) groups is 1. The molecular formula is C20H17ClN6O2. The number of nitrogens with one attached hydrogen (secondary N) is 2. The number of amides is 1. The first-order valence-electron chi connectivity index (χ1n) is 8.86. The number of pyridine rings is 1. The predicted octanol–water partition coefficient (Wildman–Crippen LogP) is 3.10. The summed E-state index contributed by atoms with van der Waals surface area (Å²) in [6.07, 6.45) is 4.92. The van der Waals surface area contributed by atoms with Gasteiger partial charge in [-0.2, -0.15) is 0 Å². The lowest BCUT2D eigenvalue weighted by molar-refractivity contribution is 0.102. The van der Waals surface area contributed by atoms with Gasteiger partial charge in [-0.3, -0.25) is 9.78 Å². The van der Waals surface area contributed by atoms with Crippen LogP contribution in [-0.2, 0) is 0 Å². The highest BCUT2D eigenvalue weighted by Crippen LogP contribution is 2.24. The van der Waals surface area contributed by atoms with Crippen LogP contribution in [0.4, 0.5) is 11.5 Å². The topological polar surface area (TPSA) is 104 Å². The van der Waals surface area contributed by atoms with Gasteiger partial charge in [0.05, 0.1) is 24.1 Å². The molecule has 0 atom stereocenters. The Hall–Kier alpha value is -3.49. The lowest BCUT2D eigenvalue weighted by Crippen LogP contribution is -2.16. The first-order valence-corrected chi connectivity index (χ1v) is 9.24. The Balaban J connectivity index is 1.78. The second-order valence-electron chi connectivity index (χ2n) is 6.19. The first kappa shape index (κ1) is 18.9. The fourth-order valence-electron chi connectivity index (χ4n) is 2.84. The average Bonchev–Trinajstić information content (AvgIpc) is 3.16. The first-order chi connectivity index (χ1) is 14.1. The van der Waals surface area contributed by atoms with Gasteiger partial charge in [-0.15, -0.1) is 5.10 Å². The van der Waals surface area contributed by atoms with Gasteiger partial charge in [-0.05, 0) is 30.3 Å². The van der Waals surface area contributed by atoms with Crippen LogP contribution in [-0.4, -0.2) is 43.7 Å². The van der Waals surface area contributed by atoms with Crippen LogP contribution in [0.5, 0.6) is 0 Å². The van der Waals surface area contributed by atoms with Gasteiger partial charge in [0.15, 0.2) is 5.65 Å². The number of rotatable bonds is 6. The molecule has 0 fully saturated rings. The van der Waals surface area contributed by atoms with E-state index in [2.05, 4.69) is 25.7 Å². The van der Waals surface area contributed by atoms with Crippen molar-refractivity contribution < 1.29 is 9.90 Å². The Kier molecular flexibility index (Phi) is 5.37. The molecule has 0 aliphatic rings. The zero-order valence-electron chi connectivity index (χ0n) is 15.2. The molecule has 0 bridgehead atoms. The number of imidazole rings is 1. The van der Waals surface area contributed by atoms with E-state index in [1.165, 1.54) is 4.52 Å². The Morgan fingerprint density at radius 2 is 2.00 bits per heavy atom. The summed E-state index contributed by atoms with van der Waals surface area (Å²) in [5.41, 5.74) is 2.81. The third kappa shape index (κ3) is 4.18. The Bertz CT molecular complexity index is 1160. The number of aliphatic hydroxyl groups excluding tert-OH is 1. The van der Waals surface area contributed by atoms with Gasteiger partial charge in [-0.1, -0.05) is 23.7 Å². The van der Waals surface area contributed by atoms with Crippen LogP contribution in [0.3, 0.4) is 0 Å². The summed E-state index contributed by atoms with van der Waals surface area (Å²) in [5, 5.41) is 19.9. The number of aliphatic hydroxyl groups is 1. The highest BCUT2D eigenvalue weighted by atomic mass is 35.5. The summed E-state index contributed by atoms with van der Waals surface area (Å²) < 4.78 is 1.54. The van der Waals surface area contributed by atoms with Crippen LogP contribution in [0.2, 0.25) is 5.02 Å². The lowest BCUT2D eigenvalue weighted by atomic mass is 10.2. The maximum Gasteiger partial charge on any atom is 0.259 e. The van der Waals surface area contributed by atoms with Crippen molar-refractivity contribution in [2.75, 3.05) is 23.8 Å². The third-order valence-electron chi connectivity index (χ3n) is 4.15. The summed E-state index contributed by atoms with van der Waals surface area (Å²) in [5.74, 6) is 0.111. The van der Waals surface area contributed by atoms with E-state index in [0.29, 0.717) is 40.0 Å². The maximum absolute atomic E-state index is 12.9. The zero-order valence-corrected chi connectivity index (χ0v) is 16.0. The van der Waals surface area contributed by atoms with Crippen molar-refractivity contribution in [3.05, 3.63) is 71.6 Å². The summed E-state index contributed by atoms with van der Waals surface area (Å²) in [4.78, 5) is 21.5. The number of carbonyl (C=O) groups excluding carboxylic acids is 1. The van der Waals surface area contributed by atoms with E-state index in [4.69, 9.17) is 16.7 Å². The molecule has 0 aliphatic heterocycles. The smallest absolute Gasteiger partial charge is 0.259 e. The van der Waals surface area contributed by atoms with Gasteiger partial charge in [0, 0.05) is 35.2 Å². The molecule has 29 heavy (non-hydrogen) atoms. The molecular weight excluding hydrogens is 392 g/mol. The average molecular weight is 409 g/mol. The number of halogens is 1.